The second kappa shape index (κ2) is 4.96. The molecule has 0 aliphatic rings. The lowest BCUT2D eigenvalue weighted by Gasteiger charge is -2.15. The van der Waals surface area contributed by atoms with Gasteiger partial charge in [0.05, 0.1) is 6.04 Å². The highest BCUT2D eigenvalue weighted by molar-refractivity contribution is 7.10. The van der Waals surface area contributed by atoms with Crippen LogP contribution >= 0.6 is 11.3 Å². The average Bonchev–Trinajstić information content (AvgIpc) is 2.71. The van der Waals surface area contributed by atoms with Crippen molar-refractivity contribution in [3.63, 3.8) is 0 Å². The van der Waals surface area contributed by atoms with E-state index in [2.05, 4.69) is 23.8 Å². The van der Waals surface area contributed by atoms with Gasteiger partial charge in [0.2, 0.25) is 0 Å². The fraction of sp³-hybridized carbons (Fsp3) is 0.231. The number of thiophene rings is 1. The van der Waals surface area contributed by atoms with E-state index in [1.165, 1.54) is 10.9 Å². The van der Waals surface area contributed by atoms with Crippen molar-refractivity contribution in [1.29, 1.82) is 0 Å². The van der Waals surface area contributed by atoms with Gasteiger partial charge in [0.1, 0.15) is 5.82 Å². The van der Waals surface area contributed by atoms with Crippen molar-refractivity contribution in [2.45, 2.75) is 19.9 Å². The first kappa shape index (κ1) is 12.2. The van der Waals surface area contributed by atoms with Crippen LogP contribution in [-0.4, -0.2) is 0 Å². The maximum Gasteiger partial charge on any atom is 0.126 e. The number of nitrogens with two attached hydrogens (primary N) is 1. The van der Waals surface area contributed by atoms with Gasteiger partial charge in [-0.2, -0.15) is 0 Å². The minimum Gasteiger partial charge on any atom is -0.271 e. The van der Waals surface area contributed by atoms with Crippen LogP contribution in [0.25, 0.3) is 0 Å². The van der Waals surface area contributed by atoms with Crippen LogP contribution in [0.2, 0.25) is 0 Å². The Bertz CT molecular complexity index is 522. The van der Waals surface area contributed by atoms with Crippen LogP contribution in [0.15, 0.2) is 29.6 Å². The van der Waals surface area contributed by atoms with Gasteiger partial charge in [-0.25, -0.2) is 9.82 Å². The standard InChI is InChI=1S/C13H15FN2S/c1-8-5-10(3-4-12(8)14)13(16-15)11-6-9(2)17-7-11/h3-7,13,16H,15H2,1-2H3. The van der Waals surface area contributed by atoms with E-state index in [1.54, 1.807) is 24.3 Å². The molecule has 2 aromatic rings. The molecule has 0 spiro atoms. The average molecular weight is 250 g/mol. The molecular formula is C13H15FN2S. The lowest BCUT2D eigenvalue weighted by Crippen LogP contribution is -2.28. The molecule has 0 aliphatic carbocycles. The maximum atomic E-state index is 13.2. The maximum absolute atomic E-state index is 13.2. The predicted molar refractivity (Wildman–Crippen MR) is 69.4 cm³/mol. The van der Waals surface area contributed by atoms with Crippen molar-refractivity contribution in [2.24, 2.45) is 5.84 Å². The molecule has 0 radical (unpaired) electrons. The Hall–Kier alpha value is -1.23. The highest BCUT2D eigenvalue weighted by atomic mass is 32.1. The number of halogens is 1. The van der Waals surface area contributed by atoms with E-state index in [1.807, 2.05) is 6.07 Å². The molecule has 1 heterocycles. The second-order valence-electron chi connectivity index (χ2n) is 4.10. The monoisotopic (exact) mass is 250 g/mol. The molecule has 0 amide bonds. The Labute approximate surface area is 104 Å². The highest BCUT2D eigenvalue weighted by Gasteiger charge is 2.14. The van der Waals surface area contributed by atoms with E-state index < -0.39 is 0 Å². The predicted octanol–water partition coefficient (Wildman–Crippen LogP) is 3.06. The molecule has 1 aromatic heterocycles. The molecule has 2 rings (SSSR count). The summed E-state index contributed by atoms with van der Waals surface area (Å²) in [5.74, 6) is 5.41. The van der Waals surface area contributed by atoms with Crippen molar-refractivity contribution >= 4 is 11.3 Å². The van der Waals surface area contributed by atoms with Gasteiger partial charge in [-0.15, -0.1) is 11.3 Å². The second-order valence-corrected chi connectivity index (χ2v) is 5.21. The molecule has 90 valence electrons. The number of nitrogens with one attached hydrogen (secondary N) is 1. The Morgan fingerprint density at radius 2 is 2.00 bits per heavy atom. The summed E-state index contributed by atoms with van der Waals surface area (Å²) in [5.41, 5.74) is 5.50. The van der Waals surface area contributed by atoms with Gasteiger partial charge >= 0.3 is 0 Å². The SMILES string of the molecule is Cc1cc(C(NN)c2ccc(F)c(C)c2)cs1. The summed E-state index contributed by atoms with van der Waals surface area (Å²) in [5, 5.41) is 2.07. The van der Waals surface area contributed by atoms with Gasteiger partial charge < -0.3 is 0 Å². The van der Waals surface area contributed by atoms with Crippen molar-refractivity contribution in [1.82, 2.24) is 5.43 Å². The third-order valence-corrected chi connectivity index (χ3v) is 3.65. The first-order valence-corrected chi connectivity index (χ1v) is 6.27. The first-order chi connectivity index (χ1) is 8.11. The normalized spacial score (nSPS) is 12.7. The zero-order chi connectivity index (χ0) is 12.4. The Morgan fingerprint density at radius 1 is 1.24 bits per heavy atom. The largest absolute Gasteiger partial charge is 0.271 e. The Kier molecular flexibility index (Phi) is 3.57. The minimum atomic E-state index is -0.189. The molecule has 1 aromatic carbocycles. The minimum absolute atomic E-state index is 0.0840. The van der Waals surface area contributed by atoms with Gasteiger partial charge in [-0.05, 0) is 48.1 Å². The molecule has 0 saturated heterocycles. The summed E-state index contributed by atoms with van der Waals surface area (Å²) in [6.07, 6.45) is 0. The number of hydrogen-bond acceptors (Lipinski definition) is 3. The van der Waals surface area contributed by atoms with Crippen LogP contribution in [0.4, 0.5) is 4.39 Å². The van der Waals surface area contributed by atoms with Crippen LogP contribution in [0.5, 0.6) is 0 Å². The van der Waals surface area contributed by atoms with Gasteiger partial charge in [0.15, 0.2) is 0 Å². The summed E-state index contributed by atoms with van der Waals surface area (Å²) >= 11 is 1.68. The summed E-state index contributed by atoms with van der Waals surface area (Å²) < 4.78 is 13.2. The zero-order valence-electron chi connectivity index (χ0n) is 9.83. The summed E-state index contributed by atoms with van der Waals surface area (Å²) in [4.78, 5) is 1.24. The smallest absolute Gasteiger partial charge is 0.126 e. The van der Waals surface area contributed by atoms with Crippen molar-refractivity contribution in [3.05, 3.63) is 57.0 Å². The van der Waals surface area contributed by atoms with Crippen LogP contribution < -0.4 is 11.3 Å². The Balaban J connectivity index is 2.38. The van der Waals surface area contributed by atoms with E-state index in [0.717, 1.165) is 11.1 Å². The molecule has 0 fully saturated rings. The zero-order valence-corrected chi connectivity index (χ0v) is 10.6. The summed E-state index contributed by atoms with van der Waals surface area (Å²) in [7, 11) is 0. The quantitative estimate of drug-likeness (QED) is 0.649. The molecular weight excluding hydrogens is 235 g/mol. The van der Waals surface area contributed by atoms with Crippen molar-refractivity contribution in [2.75, 3.05) is 0 Å². The number of hydrogen-bond donors (Lipinski definition) is 2. The topological polar surface area (TPSA) is 38.0 Å². The summed E-state index contributed by atoms with van der Waals surface area (Å²) in [6.45, 7) is 3.81. The van der Waals surface area contributed by atoms with Crippen molar-refractivity contribution in [3.8, 4) is 0 Å². The van der Waals surface area contributed by atoms with E-state index in [0.29, 0.717) is 5.56 Å². The van der Waals surface area contributed by atoms with E-state index in [4.69, 9.17) is 5.84 Å². The molecule has 0 aliphatic heterocycles. The van der Waals surface area contributed by atoms with E-state index >= 15 is 0 Å². The number of rotatable bonds is 3. The summed E-state index contributed by atoms with van der Waals surface area (Å²) in [6, 6.07) is 7.08. The number of benzene rings is 1. The molecule has 1 unspecified atom stereocenters. The van der Waals surface area contributed by atoms with E-state index in [-0.39, 0.29) is 11.9 Å². The fourth-order valence-electron chi connectivity index (χ4n) is 1.85. The molecule has 4 heteroatoms. The van der Waals surface area contributed by atoms with Crippen LogP contribution in [0.1, 0.15) is 27.6 Å². The third-order valence-electron chi connectivity index (χ3n) is 2.77. The molecule has 3 N–H and O–H groups in total. The van der Waals surface area contributed by atoms with Crippen LogP contribution in [-0.2, 0) is 0 Å². The highest BCUT2D eigenvalue weighted by Crippen LogP contribution is 2.26. The van der Waals surface area contributed by atoms with Gasteiger partial charge in [-0.3, -0.25) is 5.84 Å². The van der Waals surface area contributed by atoms with Gasteiger partial charge in [0.25, 0.3) is 0 Å². The van der Waals surface area contributed by atoms with Crippen LogP contribution in [0, 0.1) is 19.7 Å². The third kappa shape index (κ3) is 2.54. The molecule has 17 heavy (non-hydrogen) atoms. The lowest BCUT2D eigenvalue weighted by molar-refractivity contribution is 0.608. The lowest BCUT2D eigenvalue weighted by atomic mass is 10.00. The van der Waals surface area contributed by atoms with Crippen LogP contribution in [0.3, 0.4) is 0 Å². The van der Waals surface area contributed by atoms with E-state index in [9.17, 15) is 4.39 Å². The van der Waals surface area contributed by atoms with Gasteiger partial charge in [0, 0.05) is 4.88 Å². The fourth-order valence-corrected chi connectivity index (χ4v) is 2.58. The van der Waals surface area contributed by atoms with Crippen molar-refractivity contribution < 1.29 is 4.39 Å². The molecule has 1 atom stereocenters. The number of aryl methyl sites for hydroxylation is 2. The molecule has 0 bridgehead atoms. The molecule has 0 saturated carbocycles. The Morgan fingerprint density at radius 3 is 2.53 bits per heavy atom. The van der Waals surface area contributed by atoms with Gasteiger partial charge in [-0.1, -0.05) is 12.1 Å². The first-order valence-electron chi connectivity index (χ1n) is 5.39. The number of hydrazine groups is 1. The molecule has 2 nitrogen and oxygen atoms in total.